The lowest BCUT2D eigenvalue weighted by Gasteiger charge is -2.24. The smallest absolute Gasteiger partial charge is 0.254 e. The molecule has 92 valence electrons. The first kappa shape index (κ1) is 11.2. The van der Waals surface area contributed by atoms with Crippen molar-refractivity contribution in [2.24, 2.45) is 0 Å². The third-order valence-corrected chi connectivity index (χ3v) is 3.56. The van der Waals surface area contributed by atoms with Crippen molar-refractivity contribution in [3.05, 3.63) is 52.6 Å². The van der Waals surface area contributed by atoms with Crippen LogP contribution in [0.15, 0.2) is 41.2 Å². The highest BCUT2D eigenvalue weighted by atomic mass is 16.1. The Morgan fingerprint density at radius 3 is 2.83 bits per heavy atom. The van der Waals surface area contributed by atoms with Gasteiger partial charge in [0.2, 0.25) is 0 Å². The maximum absolute atomic E-state index is 12.2. The van der Waals surface area contributed by atoms with Crippen LogP contribution in [0.1, 0.15) is 31.6 Å². The fourth-order valence-electron chi connectivity index (χ4n) is 2.63. The summed E-state index contributed by atoms with van der Waals surface area (Å²) >= 11 is 0. The quantitative estimate of drug-likeness (QED) is 0.768. The van der Waals surface area contributed by atoms with Crippen molar-refractivity contribution in [3.8, 4) is 11.3 Å². The van der Waals surface area contributed by atoms with Gasteiger partial charge in [-0.1, -0.05) is 30.3 Å². The topological polar surface area (TPSA) is 34.9 Å². The molecular formula is C15H16N2O. The van der Waals surface area contributed by atoms with Gasteiger partial charge in [-0.05, 0) is 19.8 Å². The minimum atomic E-state index is 0.0750. The van der Waals surface area contributed by atoms with E-state index in [1.54, 1.807) is 6.07 Å². The molecule has 0 saturated heterocycles. The Morgan fingerprint density at radius 1 is 1.28 bits per heavy atom. The molecule has 0 amide bonds. The van der Waals surface area contributed by atoms with Crippen LogP contribution in [0.4, 0.5) is 0 Å². The zero-order valence-electron chi connectivity index (χ0n) is 10.5. The number of aryl methyl sites for hydroxylation is 1. The van der Waals surface area contributed by atoms with Crippen LogP contribution < -0.4 is 5.56 Å². The summed E-state index contributed by atoms with van der Waals surface area (Å²) in [5.41, 5.74) is 1.88. The van der Waals surface area contributed by atoms with Gasteiger partial charge in [-0.3, -0.25) is 9.36 Å². The lowest BCUT2D eigenvalue weighted by Crippen LogP contribution is -2.30. The van der Waals surface area contributed by atoms with E-state index in [1.807, 2.05) is 34.9 Å². The molecule has 1 aliphatic rings. The van der Waals surface area contributed by atoms with Crippen molar-refractivity contribution >= 4 is 0 Å². The molecule has 0 N–H and O–H groups in total. The van der Waals surface area contributed by atoms with Crippen LogP contribution in [-0.2, 0) is 6.42 Å². The molecular weight excluding hydrogens is 224 g/mol. The van der Waals surface area contributed by atoms with Crippen LogP contribution in [0.25, 0.3) is 11.3 Å². The number of hydrogen-bond acceptors (Lipinski definition) is 2. The van der Waals surface area contributed by atoms with Gasteiger partial charge in [0.15, 0.2) is 0 Å². The summed E-state index contributed by atoms with van der Waals surface area (Å²) in [7, 11) is 0. The highest BCUT2D eigenvalue weighted by Gasteiger charge is 2.19. The second kappa shape index (κ2) is 4.41. The number of nitrogens with zero attached hydrogens (tertiary/aromatic N) is 2. The first-order valence-corrected chi connectivity index (χ1v) is 6.43. The minimum Gasteiger partial charge on any atom is -0.294 e. The summed E-state index contributed by atoms with van der Waals surface area (Å²) in [6.07, 6.45) is 3.09. The van der Waals surface area contributed by atoms with Crippen molar-refractivity contribution < 1.29 is 0 Å². The Bertz CT molecular complexity index is 616. The maximum Gasteiger partial charge on any atom is 0.254 e. The van der Waals surface area contributed by atoms with E-state index in [4.69, 9.17) is 0 Å². The molecule has 2 aromatic rings. The van der Waals surface area contributed by atoms with Gasteiger partial charge in [0.25, 0.3) is 5.56 Å². The van der Waals surface area contributed by atoms with Crippen molar-refractivity contribution in [1.82, 2.24) is 9.55 Å². The molecule has 0 saturated carbocycles. The Kier molecular flexibility index (Phi) is 2.74. The van der Waals surface area contributed by atoms with E-state index < -0.39 is 0 Å². The summed E-state index contributed by atoms with van der Waals surface area (Å²) in [6, 6.07) is 11.8. The van der Waals surface area contributed by atoms with E-state index in [-0.39, 0.29) is 11.6 Å². The van der Waals surface area contributed by atoms with Gasteiger partial charge < -0.3 is 0 Å². The van der Waals surface area contributed by atoms with Crippen LogP contribution in [-0.4, -0.2) is 9.55 Å². The van der Waals surface area contributed by atoms with Crippen molar-refractivity contribution in [2.45, 2.75) is 32.2 Å². The molecule has 1 aromatic heterocycles. The van der Waals surface area contributed by atoms with Gasteiger partial charge in [0.1, 0.15) is 5.82 Å². The van der Waals surface area contributed by atoms with E-state index >= 15 is 0 Å². The molecule has 18 heavy (non-hydrogen) atoms. The summed E-state index contributed by atoms with van der Waals surface area (Å²) in [4.78, 5) is 16.8. The average Bonchev–Trinajstić information content (AvgIpc) is 2.39. The fraction of sp³-hybridized carbons (Fsp3) is 0.333. The Labute approximate surface area is 106 Å². The highest BCUT2D eigenvalue weighted by Crippen LogP contribution is 2.23. The van der Waals surface area contributed by atoms with Gasteiger partial charge >= 0.3 is 0 Å². The Morgan fingerprint density at radius 2 is 2.06 bits per heavy atom. The van der Waals surface area contributed by atoms with Gasteiger partial charge in [-0.15, -0.1) is 0 Å². The van der Waals surface area contributed by atoms with Gasteiger partial charge in [0.05, 0.1) is 5.69 Å². The lowest BCUT2D eigenvalue weighted by molar-refractivity contribution is 0.405. The number of aromatic nitrogens is 2. The molecule has 3 heteroatoms. The number of benzene rings is 1. The van der Waals surface area contributed by atoms with E-state index in [0.29, 0.717) is 0 Å². The van der Waals surface area contributed by atoms with E-state index in [2.05, 4.69) is 11.9 Å². The fourth-order valence-corrected chi connectivity index (χ4v) is 2.63. The second-order valence-corrected chi connectivity index (χ2v) is 4.87. The third-order valence-electron chi connectivity index (χ3n) is 3.56. The molecule has 1 atom stereocenters. The van der Waals surface area contributed by atoms with Gasteiger partial charge in [0, 0.05) is 24.1 Å². The van der Waals surface area contributed by atoms with E-state index in [9.17, 15) is 4.79 Å². The molecule has 1 aliphatic heterocycles. The number of rotatable bonds is 1. The monoisotopic (exact) mass is 240 g/mol. The van der Waals surface area contributed by atoms with Crippen molar-refractivity contribution in [3.63, 3.8) is 0 Å². The summed E-state index contributed by atoms with van der Waals surface area (Å²) in [5, 5.41) is 0. The standard InChI is InChI=1S/C15H16N2O/c1-11-6-5-9-14-16-13(10-15(18)17(11)14)12-7-3-2-4-8-12/h2-4,7-8,10-11H,5-6,9H2,1H3/t11-/m1/s1. The first-order chi connectivity index (χ1) is 8.75. The Hall–Kier alpha value is -1.90. The normalized spacial score (nSPS) is 18.4. The molecule has 2 heterocycles. The van der Waals surface area contributed by atoms with Crippen LogP contribution >= 0.6 is 0 Å². The predicted molar refractivity (Wildman–Crippen MR) is 71.6 cm³/mol. The highest BCUT2D eigenvalue weighted by molar-refractivity contribution is 5.58. The molecule has 0 bridgehead atoms. The lowest BCUT2D eigenvalue weighted by atomic mass is 10.0. The SMILES string of the molecule is C[C@@H]1CCCc2nc(-c3ccccc3)cc(=O)n21. The zero-order chi connectivity index (χ0) is 12.5. The van der Waals surface area contributed by atoms with Gasteiger partial charge in [-0.2, -0.15) is 0 Å². The summed E-state index contributed by atoms with van der Waals surface area (Å²) in [5.74, 6) is 0.931. The molecule has 3 nitrogen and oxygen atoms in total. The molecule has 0 unspecified atom stereocenters. The maximum atomic E-state index is 12.2. The first-order valence-electron chi connectivity index (χ1n) is 6.43. The summed E-state index contributed by atoms with van der Waals surface area (Å²) < 4.78 is 1.84. The zero-order valence-corrected chi connectivity index (χ0v) is 10.5. The van der Waals surface area contributed by atoms with Crippen LogP contribution in [0.5, 0.6) is 0 Å². The molecule has 0 fully saturated rings. The van der Waals surface area contributed by atoms with Crippen molar-refractivity contribution in [1.29, 1.82) is 0 Å². The van der Waals surface area contributed by atoms with Crippen molar-refractivity contribution in [2.75, 3.05) is 0 Å². The van der Waals surface area contributed by atoms with E-state index in [0.717, 1.165) is 36.3 Å². The molecule has 0 radical (unpaired) electrons. The minimum absolute atomic E-state index is 0.0750. The van der Waals surface area contributed by atoms with E-state index in [1.165, 1.54) is 0 Å². The van der Waals surface area contributed by atoms with Crippen LogP contribution in [0, 0.1) is 0 Å². The Balaban J connectivity index is 2.15. The van der Waals surface area contributed by atoms with Crippen LogP contribution in [0.3, 0.4) is 0 Å². The largest absolute Gasteiger partial charge is 0.294 e. The number of hydrogen-bond donors (Lipinski definition) is 0. The predicted octanol–water partition coefficient (Wildman–Crippen LogP) is 2.81. The second-order valence-electron chi connectivity index (χ2n) is 4.87. The summed E-state index contributed by atoms with van der Waals surface area (Å²) in [6.45, 7) is 2.09. The molecule has 1 aromatic carbocycles. The number of fused-ring (bicyclic) bond motifs is 1. The molecule has 0 spiro atoms. The average molecular weight is 240 g/mol. The molecule has 0 aliphatic carbocycles. The van der Waals surface area contributed by atoms with Crippen LogP contribution in [0.2, 0.25) is 0 Å². The van der Waals surface area contributed by atoms with Gasteiger partial charge in [-0.25, -0.2) is 4.98 Å². The molecule has 3 rings (SSSR count). The third kappa shape index (κ3) is 1.86.